The second-order valence-corrected chi connectivity index (χ2v) is 5.46. The molecule has 0 saturated carbocycles. The van der Waals surface area contributed by atoms with E-state index in [0.717, 1.165) is 12.0 Å². The summed E-state index contributed by atoms with van der Waals surface area (Å²) in [4.78, 5) is 28.9. The zero-order chi connectivity index (χ0) is 18.7. The monoisotopic (exact) mass is 373 g/mol. The maximum absolute atomic E-state index is 10.4. The summed E-state index contributed by atoms with van der Waals surface area (Å²) in [6.45, 7) is -0.610. The average molecular weight is 373 g/mol. The van der Waals surface area contributed by atoms with Gasteiger partial charge < -0.3 is 20.1 Å². The van der Waals surface area contributed by atoms with Gasteiger partial charge in [-0.2, -0.15) is 0 Å². The van der Waals surface area contributed by atoms with Crippen LogP contribution in [0.4, 0.5) is 0 Å². The fraction of sp³-hybridized carbons (Fsp3) is 0.500. The van der Waals surface area contributed by atoms with Gasteiger partial charge in [0.1, 0.15) is 12.7 Å². The van der Waals surface area contributed by atoms with E-state index in [1.54, 1.807) is 0 Å². The van der Waals surface area contributed by atoms with Crippen LogP contribution in [0.2, 0.25) is 0 Å². The number of rotatable bonds is 12. The first-order valence-electron chi connectivity index (χ1n) is 7.43. The summed E-state index contributed by atoms with van der Waals surface area (Å²) in [5.41, 5.74) is 7.06. The molecule has 2 atom stereocenters. The first-order valence-corrected chi connectivity index (χ1v) is 7.84. The minimum absolute atomic E-state index is 0.0135. The summed E-state index contributed by atoms with van der Waals surface area (Å²) in [5.74, 6) is 0. The molecule has 1 aromatic rings. The van der Waals surface area contributed by atoms with E-state index in [2.05, 4.69) is 9.68 Å². The highest BCUT2D eigenvalue weighted by molar-refractivity contribution is 7.80. The molecule has 0 bridgehead atoms. The Bertz CT molecular complexity index is 573. The van der Waals surface area contributed by atoms with Crippen LogP contribution in [-0.4, -0.2) is 40.6 Å². The van der Waals surface area contributed by atoms with Gasteiger partial charge in [-0.25, -0.2) is 0 Å². The van der Waals surface area contributed by atoms with Crippen LogP contribution in [0.5, 0.6) is 0 Å². The smallest absolute Gasteiger partial charge is 0.294 e. The van der Waals surface area contributed by atoms with Crippen LogP contribution in [0, 0.1) is 20.2 Å². The summed E-state index contributed by atoms with van der Waals surface area (Å²) < 4.78 is 5.29. The van der Waals surface area contributed by atoms with Crippen LogP contribution in [0.3, 0.4) is 0 Å². The maximum Gasteiger partial charge on any atom is 0.294 e. The number of ether oxygens (including phenoxy) is 1. The molecule has 25 heavy (non-hydrogen) atoms. The van der Waals surface area contributed by atoms with Gasteiger partial charge in [-0.3, -0.25) is 0 Å². The molecule has 1 aromatic carbocycles. The largest absolute Gasteiger partial charge is 0.485 e. The molecule has 0 radical (unpaired) electrons. The molecule has 0 spiro atoms. The van der Waals surface area contributed by atoms with Gasteiger partial charge in [0.15, 0.2) is 5.05 Å². The fourth-order valence-corrected chi connectivity index (χ4v) is 2.12. The van der Waals surface area contributed by atoms with Crippen molar-refractivity contribution >= 4 is 17.3 Å². The van der Waals surface area contributed by atoms with Crippen molar-refractivity contribution in [3.8, 4) is 0 Å². The second-order valence-electron chi connectivity index (χ2n) is 5.06. The molecule has 0 amide bonds. The van der Waals surface area contributed by atoms with Crippen molar-refractivity contribution in [1.29, 1.82) is 0 Å². The van der Waals surface area contributed by atoms with Gasteiger partial charge >= 0.3 is 0 Å². The van der Waals surface area contributed by atoms with Gasteiger partial charge in [0.2, 0.25) is 0 Å². The minimum atomic E-state index is -1.14. The van der Waals surface area contributed by atoms with Crippen molar-refractivity contribution in [3.63, 3.8) is 0 Å². The molecule has 0 aliphatic carbocycles. The molecular weight excluding hydrogens is 354 g/mol. The van der Waals surface area contributed by atoms with E-state index >= 15 is 0 Å². The Morgan fingerprint density at radius 1 is 1.16 bits per heavy atom. The van der Waals surface area contributed by atoms with Crippen molar-refractivity contribution < 1.29 is 24.6 Å². The molecule has 1 rings (SSSR count). The van der Waals surface area contributed by atoms with Crippen LogP contribution in [0.1, 0.15) is 18.4 Å². The van der Waals surface area contributed by atoms with Crippen molar-refractivity contribution in [2.24, 2.45) is 5.73 Å². The predicted molar refractivity (Wildman–Crippen MR) is 90.7 cm³/mol. The molecule has 0 aromatic heterocycles. The highest BCUT2D eigenvalue weighted by Gasteiger charge is 2.17. The van der Waals surface area contributed by atoms with Crippen molar-refractivity contribution in [1.82, 2.24) is 0 Å². The van der Waals surface area contributed by atoms with Gasteiger partial charge in [-0.1, -0.05) is 30.3 Å². The highest BCUT2D eigenvalue weighted by Crippen LogP contribution is 2.07. The zero-order valence-electron chi connectivity index (χ0n) is 13.3. The number of thiocarbonyl (C=S) groups is 1. The lowest BCUT2D eigenvalue weighted by atomic mass is 10.1. The topological polar surface area (TPSA) is 140 Å². The first kappa shape index (κ1) is 20.5. The normalized spacial score (nSPS) is 12.7. The van der Waals surface area contributed by atoms with Crippen LogP contribution in [-0.2, 0) is 20.8 Å². The average Bonchev–Trinajstić information content (AvgIpc) is 2.57. The quantitative estimate of drug-likeness (QED) is 0.327. The Morgan fingerprint density at radius 3 is 2.44 bits per heavy atom. The van der Waals surface area contributed by atoms with E-state index in [-0.39, 0.29) is 18.1 Å². The molecule has 0 saturated heterocycles. The fourth-order valence-electron chi connectivity index (χ4n) is 1.91. The lowest BCUT2D eigenvalue weighted by molar-refractivity contribution is -0.790. The molecule has 0 aliphatic heterocycles. The lowest BCUT2D eigenvalue weighted by Gasteiger charge is -2.17. The second kappa shape index (κ2) is 11.1. The summed E-state index contributed by atoms with van der Waals surface area (Å²) in [7, 11) is 0. The van der Waals surface area contributed by atoms with Crippen molar-refractivity contribution in [2.45, 2.75) is 31.4 Å². The zero-order valence-corrected chi connectivity index (χ0v) is 14.1. The Balaban J connectivity index is 2.32. The third kappa shape index (κ3) is 9.37. The number of nitrogens with zero attached hydrogens (tertiary/aromatic N) is 2. The number of nitrogens with two attached hydrogens (primary N) is 1. The molecular formula is C14H19N3O7S. The lowest BCUT2D eigenvalue weighted by Crippen LogP contribution is -2.33. The van der Waals surface area contributed by atoms with E-state index in [0.29, 0.717) is 6.42 Å². The summed E-state index contributed by atoms with van der Waals surface area (Å²) in [5, 5.41) is 18.6. The number of aryl methyl sites for hydroxylation is 1. The molecule has 0 heterocycles. The number of hydrogen-bond acceptors (Lipinski definition) is 9. The van der Waals surface area contributed by atoms with Crippen molar-refractivity contribution in [3.05, 3.63) is 56.1 Å². The van der Waals surface area contributed by atoms with Crippen LogP contribution in [0.15, 0.2) is 30.3 Å². The predicted octanol–water partition coefficient (Wildman–Crippen LogP) is 1.47. The number of benzene rings is 1. The Morgan fingerprint density at radius 2 is 1.84 bits per heavy atom. The van der Waals surface area contributed by atoms with E-state index in [4.69, 9.17) is 22.7 Å². The van der Waals surface area contributed by atoms with Crippen LogP contribution < -0.4 is 5.73 Å². The molecule has 1 unspecified atom stereocenters. The Hall–Kier alpha value is -2.53. The Kier molecular flexibility index (Phi) is 9.11. The van der Waals surface area contributed by atoms with Gasteiger partial charge in [-0.05, 0) is 30.6 Å². The SMILES string of the molecule is NC(CCc1ccccc1)C(=S)OCC[C@H](CO[N+](=O)[O-])O[N+](=O)[O-]. The minimum Gasteiger partial charge on any atom is -0.485 e. The van der Waals surface area contributed by atoms with E-state index in [9.17, 15) is 20.2 Å². The first-order chi connectivity index (χ1) is 11.9. The molecule has 138 valence electrons. The molecule has 10 nitrogen and oxygen atoms in total. The standard InChI is InChI=1S/C14H19N3O7S/c15-13(7-6-11-4-2-1-3-5-11)14(25)22-9-8-12(24-17(20)21)10-23-16(18)19/h1-5,12-13H,6-10,15H2/t12-,13?/m1/s1. The summed E-state index contributed by atoms with van der Waals surface area (Å²) in [6.07, 6.45) is 0.168. The molecule has 2 N–H and O–H groups in total. The van der Waals surface area contributed by atoms with E-state index < -0.39 is 28.9 Å². The van der Waals surface area contributed by atoms with Gasteiger partial charge in [0.25, 0.3) is 10.2 Å². The third-order valence-electron chi connectivity index (χ3n) is 3.17. The van der Waals surface area contributed by atoms with Gasteiger partial charge in [0.05, 0.1) is 12.6 Å². The van der Waals surface area contributed by atoms with Crippen LogP contribution >= 0.6 is 12.2 Å². The van der Waals surface area contributed by atoms with E-state index in [1.807, 2.05) is 30.3 Å². The summed E-state index contributed by atoms with van der Waals surface area (Å²) >= 11 is 5.08. The van der Waals surface area contributed by atoms with Gasteiger partial charge in [-0.15, -0.1) is 20.2 Å². The van der Waals surface area contributed by atoms with Crippen LogP contribution in [0.25, 0.3) is 0 Å². The molecule has 11 heteroatoms. The Labute approximate surface area is 149 Å². The van der Waals surface area contributed by atoms with E-state index in [1.165, 1.54) is 0 Å². The molecule has 0 aliphatic rings. The van der Waals surface area contributed by atoms with Gasteiger partial charge in [0, 0.05) is 6.42 Å². The van der Waals surface area contributed by atoms with Crippen molar-refractivity contribution in [2.75, 3.05) is 13.2 Å². The third-order valence-corrected chi connectivity index (χ3v) is 3.60. The summed E-state index contributed by atoms with van der Waals surface area (Å²) in [6, 6.07) is 9.26. The maximum atomic E-state index is 10.4. The number of hydrogen-bond donors (Lipinski definition) is 1. The molecule has 0 fully saturated rings. The highest BCUT2D eigenvalue weighted by atomic mass is 32.1.